The van der Waals surface area contributed by atoms with E-state index in [4.69, 9.17) is 28.9 Å². The first-order valence-corrected chi connectivity index (χ1v) is 10.5. The van der Waals surface area contributed by atoms with E-state index in [1.54, 1.807) is 24.3 Å². The quantitative estimate of drug-likeness (QED) is 0.767. The Morgan fingerprint density at radius 3 is 2.40 bits per heavy atom. The van der Waals surface area contributed by atoms with E-state index in [9.17, 15) is 13.2 Å². The van der Waals surface area contributed by atoms with Crippen molar-refractivity contribution >= 4 is 38.9 Å². The Kier molecular flexibility index (Phi) is 6.49. The van der Waals surface area contributed by atoms with Crippen LogP contribution in [0, 0.1) is 0 Å². The average Bonchev–Trinajstić information content (AvgIpc) is 2.53. The van der Waals surface area contributed by atoms with Gasteiger partial charge in [-0.05, 0) is 48.1 Å². The third-order valence-electron chi connectivity index (χ3n) is 4.00. The van der Waals surface area contributed by atoms with E-state index >= 15 is 0 Å². The molecular weight excluding hydrogens is 381 g/mol. The van der Waals surface area contributed by atoms with Gasteiger partial charge in [0, 0.05) is 11.8 Å². The number of rotatable bonds is 7. The maximum atomic E-state index is 11.6. The number of halogens is 2. The highest BCUT2D eigenvalue weighted by molar-refractivity contribution is 7.90. The van der Waals surface area contributed by atoms with Gasteiger partial charge in [-0.25, -0.2) is 8.42 Å². The molecule has 2 aromatic rings. The molecule has 4 nitrogen and oxygen atoms in total. The van der Waals surface area contributed by atoms with Crippen molar-refractivity contribution in [2.45, 2.75) is 18.8 Å². The van der Waals surface area contributed by atoms with Crippen LogP contribution in [0.4, 0.5) is 0 Å². The van der Waals surface area contributed by atoms with Crippen LogP contribution in [-0.4, -0.2) is 26.3 Å². The minimum Gasteiger partial charge on any atom is -0.366 e. The van der Waals surface area contributed by atoms with Gasteiger partial charge in [-0.1, -0.05) is 47.5 Å². The van der Waals surface area contributed by atoms with Gasteiger partial charge < -0.3 is 5.73 Å². The van der Waals surface area contributed by atoms with Crippen LogP contribution >= 0.6 is 23.2 Å². The van der Waals surface area contributed by atoms with Crippen LogP contribution in [0.15, 0.2) is 42.5 Å². The van der Waals surface area contributed by atoms with Gasteiger partial charge in [0.05, 0.1) is 15.8 Å². The van der Waals surface area contributed by atoms with Gasteiger partial charge in [0.2, 0.25) is 5.91 Å². The van der Waals surface area contributed by atoms with Crippen LogP contribution in [0.25, 0.3) is 0 Å². The number of nitrogens with two attached hydrogens (primary N) is 1. The highest BCUT2D eigenvalue weighted by Crippen LogP contribution is 2.31. The number of amides is 1. The first-order chi connectivity index (χ1) is 11.7. The molecule has 0 aliphatic rings. The normalized spacial score (nSPS) is 12.8. The summed E-state index contributed by atoms with van der Waals surface area (Å²) in [7, 11) is -3.11. The summed E-state index contributed by atoms with van der Waals surface area (Å²) in [6.07, 6.45) is 2.09. The fourth-order valence-corrected chi connectivity index (χ4v) is 3.73. The highest BCUT2D eigenvalue weighted by Gasteiger charge is 2.19. The zero-order valence-electron chi connectivity index (χ0n) is 13.7. The number of carbonyl (C=O) groups is 1. The molecule has 0 aliphatic carbocycles. The molecule has 0 bridgehead atoms. The first kappa shape index (κ1) is 19.8. The molecule has 1 atom stereocenters. The molecule has 0 saturated carbocycles. The van der Waals surface area contributed by atoms with Crippen molar-refractivity contribution in [1.82, 2.24) is 0 Å². The molecule has 25 heavy (non-hydrogen) atoms. The molecule has 2 N–H and O–H groups in total. The van der Waals surface area contributed by atoms with Gasteiger partial charge in [0.1, 0.15) is 9.84 Å². The van der Waals surface area contributed by atoms with Crippen LogP contribution in [0.5, 0.6) is 0 Å². The Hall–Kier alpha value is -1.56. The topological polar surface area (TPSA) is 77.2 Å². The number of hydrogen-bond donors (Lipinski definition) is 1. The van der Waals surface area contributed by atoms with Gasteiger partial charge in [-0.3, -0.25) is 4.79 Å². The summed E-state index contributed by atoms with van der Waals surface area (Å²) < 4.78 is 23.2. The molecule has 0 aliphatic heterocycles. The Morgan fingerprint density at radius 2 is 1.80 bits per heavy atom. The van der Waals surface area contributed by atoms with Gasteiger partial charge in [0.25, 0.3) is 0 Å². The van der Waals surface area contributed by atoms with E-state index < -0.39 is 15.7 Å². The molecule has 2 rings (SSSR count). The molecule has 134 valence electrons. The van der Waals surface area contributed by atoms with Crippen molar-refractivity contribution < 1.29 is 13.2 Å². The molecule has 0 saturated heterocycles. The lowest BCUT2D eigenvalue weighted by Crippen LogP contribution is -2.16. The molecule has 0 heterocycles. The summed E-state index contributed by atoms with van der Waals surface area (Å²) in [6.45, 7) is 0. The molecule has 2 aromatic carbocycles. The number of carbonyl (C=O) groups excluding carboxylic acids is 1. The van der Waals surface area contributed by atoms with E-state index in [1.165, 1.54) is 6.26 Å². The summed E-state index contributed by atoms with van der Waals surface area (Å²) in [5, 5.41) is 0.844. The van der Waals surface area contributed by atoms with Gasteiger partial charge >= 0.3 is 0 Å². The molecule has 0 spiro atoms. The number of benzene rings is 2. The lowest BCUT2D eigenvalue weighted by Gasteiger charge is -2.19. The van der Waals surface area contributed by atoms with E-state index in [1.807, 2.05) is 18.2 Å². The summed E-state index contributed by atoms with van der Waals surface area (Å²) in [4.78, 5) is 11.6. The zero-order chi connectivity index (χ0) is 18.6. The predicted octanol–water partition coefficient (Wildman–Crippen LogP) is 3.85. The van der Waals surface area contributed by atoms with Crippen molar-refractivity contribution in [3.8, 4) is 0 Å². The minimum absolute atomic E-state index is 0.0383. The fourth-order valence-electron chi connectivity index (χ4n) is 2.71. The third-order valence-corrected chi connectivity index (χ3v) is 5.72. The smallest absolute Gasteiger partial charge is 0.248 e. The van der Waals surface area contributed by atoms with E-state index in [-0.39, 0.29) is 11.7 Å². The summed E-state index contributed by atoms with van der Waals surface area (Å²) in [5.74, 6) is -0.604. The molecule has 0 aromatic heterocycles. The summed E-state index contributed by atoms with van der Waals surface area (Å²) in [5.41, 5.74) is 7.53. The molecule has 0 radical (unpaired) electrons. The van der Waals surface area contributed by atoms with Crippen LogP contribution < -0.4 is 5.73 Å². The van der Waals surface area contributed by atoms with Crippen LogP contribution in [0.2, 0.25) is 10.0 Å². The highest BCUT2D eigenvalue weighted by atomic mass is 35.5. The number of primary amides is 1. The lowest BCUT2D eigenvalue weighted by molar-refractivity contribution is 0.0999. The zero-order valence-corrected chi connectivity index (χ0v) is 16.0. The lowest BCUT2D eigenvalue weighted by atomic mass is 9.88. The minimum atomic E-state index is -3.11. The average molecular weight is 400 g/mol. The molecule has 7 heteroatoms. The van der Waals surface area contributed by atoms with Crippen molar-refractivity contribution in [2.75, 3.05) is 12.0 Å². The standard InChI is InChI=1S/C18H19Cl2NO3S/c1-25(23,24)9-8-13(12-6-7-16(19)17(20)11-12)10-14-4-2-3-5-15(14)18(21)22/h2-7,11,13H,8-10H2,1H3,(H2,21,22). The van der Waals surface area contributed by atoms with E-state index in [0.29, 0.717) is 28.5 Å². The van der Waals surface area contributed by atoms with Crippen molar-refractivity contribution in [1.29, 1.82) is 0 Å². The largest absolute Gasteiger partial charge is 0.366 e. The van der Waals surface area contributed by atoms with Crippen molar-refractivity contribution in [3.63, 3.8) is 0 Å². The number of sulfone groups is 1. The summed E-state index contributed by atoms with van der Waals surface area (Å²) in [6, 6.07) is 12.3. The Bertz CT molecular complexity index is 882. The third kappa shape index (κ3) is 5.73. The maximum Gasteiger partial charge on any atom is 0.248 e. The Labute approximate surface area is 157 Å². The van der Waals surface area contributed by atoms with Crippen LogP contribution in [-0.2, 0) is 16.3 Å². The van der Waals surface area contributed by atoms with Gasteiger partial charge in [-0.15, -0.1) is 0 Å². The Morgan fingerprint density at radius 1 is 1.12 bits per heavy atom. The molecule has 1 amide bonds. The van der Waals surface area contributed by atoms with Crippen molar-refractivity contribution in [3.05, 3.63) is 69.2 Å². The van der Waals surface area contributed by atoms with Gasteiger partial charge in [0.15, 0.2) is 0 Å². The number of hydrogen-bond acceptors (Lipinski definition) is 3. The van der Waals surface area contributed by atoms with Crippen molar-refractivity contribution in [2.24, 2.45) is 5.73 Å². The summed E-state index contributed by atoms with van der Waals surface area (Å²) >= 11 is 12.1. The fraction of sp³-hybridized carbons (Fsp3) is 0.278. The Balaban J connectivity index is 2.38. The first-order valence-electron chi connectivity index (χ1n) is 7.68. The maximum absolute atomic E-state index is 11.6. The molecular formula is C18H19Cl2NO3S. The monoisotopic (exact) mass is 399 g/mol. The second kappa shape index (κ2) is 8.21. The molecule has 0 fully saturated rings. The van der Waals surface area contributed by atoms with E-state index in [2.05, 4.69) is 0 Å². The second-order valence-corrected chi connectivity index (χ2v) is 9.09. The predicted molar refractivity (Wildman–Crippen MR) is 102 cm³/mol. The van der Waals surface area contributed by atoms with Crippen LogP contribution in [0.3, 0.4) is 0 Å². The van der Waals surface area contributed by atoms with E-state index in [0.717, 1.165) is 11.1 Å². The van der Waals surface area contributed by atoms with Gasteiger partial charge in [-0.2, -0.15) is 0 Å². The van der Waals surface area contributed by atoms with Crippen LogP contribution in [0.1, 0.15) is 33.8 Å². The second-order valence-electron chi connectivity index (χ2n) is 6.01. The molecule has 1 unspecified atom stereocenters. The SMILES string of the molecule is CS(=O)(=O)CCC(Cc1ccccc1C(N)=O)c1ccc(Cl)c(Cl)c1.